The number of benzene rings is 3. The first-order valence-corrected chi connectivity index (χ1v) is 10.9. The molecule has 3 atom stereocenters. The summed E-state index contributed by atoms with van der Waals surface area (Å²) in [6.45, 7) is 0. The average molecular weight is 496 g/mol. The number of ether oxygens (including phenoxy) is 1. The number of non-ortho nitro benzene ring substituents is 1. The molecule has 0 unspecified atom stereocenters. The Hall–Kier alpha value is -4.15. The fourth-order valence-electron chi connectivity index (χ4n) is 4.42. The van der Waals surface area contributed by atoms with Gasteiger partial charge in [0.1, 0.15) is 5.92 Å². The highest BCUT2D eigenvalue weighted by Gasteiger charge is 2.60. The molecule has 2 saturated heterocycles. The number of fused-ring (bicyclic) bond motifs is 1. The van der Waals surface area contributed by atoms with Gasteiger partial charge in [0.25, 0.3) is 11.6 Å². The molecule has 0 aromatic heterocycles. The van der Waals surface area contributed by atoms with E-state index in [9.17, 15) is 24.8 Å². The Balaban J connectivity index is 1.59. The monoisotopic (exact) mass is 495 g/mol. The fourth-order valence-corrected chi connectivity index (χ4v) is 4.55. The molecule has 35 heavy (non-hydrogen) atoms. The molecule has 3 aromatic carbocycles. The number of hydroxylamine groups is 1. The van der Waals surface area contributed by atoms with Gasteiger partial charge in [-0.1, -0.05) is 17.7 Å². The van der Waals surface area contributed by atoms with Crippen LogP contribution in [0.2, 0.25) is 5.02 Å². The normalized spacial score (nSPS) is 21.4. The van der Waals surface area contributed by atoms with Gasteiger partial charge in [0.05, 0.1) is 29.4 Å². The van der Waals surface area contributed by atoms with E-state index in [1.54, 1.807) is 36.4 Å². The Kier molecular flexibility index (Phi) is 5.54. The lowest BCUT2D eigenvalue weighted by Crippen LogP contribution is -2.37. The van der Waals surface area contributed by atoms with Crippen LogP contribution in [0.15, 0.2) is 66.7 Å². The summed E-state index contributed by atoms with van der Waals surface area (Å²) in [6, 6.07) is 15.7. The summed E-state index contributed by atoms with van der Waals surface area (Å²) >= 11 is 5.95. The third-order valence-corrected chi connectivity index (χ3v) is 6.31. The summed E-state index contributed by atoms with van der Waals surface area (Å²) in [4.78, 5) is 44.6. The van der Waals surface area contributed by atoms with Gasteiger partial charge in [0.2, 0.25) is 5.91 Å². The zero-order valence-corrected chi connectivity index (χ0v) is 19.0. The molecule has 10 nitrogen and oxygen atoms in total. The van der Waals surface area contributed by atoms with Crippen LogP contribution >= 0.6 is 11.6 Å². The van der Waals surface area contributed by atoms with Gasteiger partial charge in [0, 0.05) is 17.2 Å². The SMILES string of the molecule is COc1cc([C@H]2[C@@H]3C(=O)N(c4ccc(Cl)cc4)C(=O)[C@H]3ON2c2ccc([N+](=O)[O-])cc2)ccc1O. The van der Waals surface area contributed by atoms with E-state index in [1.807, 2.05) is 0 Å². The van der Waals surface area contributed by atoms with Crippen molar-refractivity contribution in [1.29, 1.82) is 0 Å². The first-order chi connectivity index (χ1) is 16.8. The second-order valence-corrected chi connectivity index (χ2v) is 8.45. The number of nitro groups is 1. The highest BCUT2D eigenvalue weighted by molar-refractivity contribution is 6.31. The van der Waals surface area contributed by atoms with Crippen LogP contribution in [0, 0.1) is 16.0 Å². The number of carbonyl (C=O) groups excluding carboxylic acids is 2. The van der Waals surface area contributed by atoms with Gasteiger partial charge in [0.15, 0.2) is 17.6 Å². The molecule has 0 saturated carbocycles. The molecular formula is C24H18ClN3O7. The number of hydrogen-bond acceptors (Lipinski definition) is 8. The molecule has 178 valence electrons. The number of phenols is 1. The summed E-state index contributed by atoms with van der Waals surface area (Å²) in [5.74, 6) is -1.85. The number of amides is 2. The number of carbonyl (C=O) groups is 2. The van der Waals surface area contributed by atoms with E-state index in [2.05, 4.69) is 0 Å². The van der Waals surface area contributed by atoms with Crippen molar-refractivity contribution in [2.24, 2.45) is 5.92 Å². The third-order valence-electron chi connectivity index (χ3n) is 6.06. The van der Waals surface area contributed by atoms with Crippen LogP contribution in [0.5, 0.6) is 11.5 Å². The molecule has 1 N–H and O–H groups in total. The lowest BCUT2D eigenvalue weighted by atomic mass is 9.90. The maximum atomic E-state index is 13.6. The predicted molar refractivity (Wildman–Crippen MR) is 125 cm³/mol. The maximum absolute atomic E-state index is 13.6. The van der Waals surface area contributed by atoms with E-state index in [0.29, 0.717) is 22.0 Å². The minimum Gasteiger partial charge on any atom is -0.504 e. The number of imide groups is 1. The summed E-state index contributed by atoms with van der Waals surface area (Å²) in [6.07, 6.45) is -1.13. The van der Waals surface area contributed by atoms with Crippen molar-refractivity contribution in [3.8, 4) is 11.5 Å². The lowest BCUT2D eigenvalue weighted by molar-refractivity contribution is -0.384. The quantitative estimate of drug-likeness (QED) is 0.320. The number of halogens is 1. The van der Waals surface area contributed by atoms with Gasteiger partial charge >= 0.3 is 0 Å². The largest absolute Gasteiger partial charge is 0.504 e. The lowest BCUT2D eigenvalue weighted by Gasteiger charge is -2.29. The van der Waals surface area contributed by atoms with Crippen molar-refractivity contribution >= 4 is 40.5 Å². The first-order valence-electron chi connectivity index (χ1n) is 10.5. The Bertz CT molecular complexity index is 1330. The van der Waals surface area contributed by atoms with Crippen LogP contribution in [0.4, 0.5) is 17.1 Å². The smallest absolute Gasteiger partial charge is 0.269 e. The number of aromatic hydroxyl groups is 1. The fraction of sp³-hybridized carbons (Fsp3) is 0.167. The number of nitrogens with zero attached hydrogens (tertiary/aromatic N) is 3. The summed E-state index contributed by atoms with van der Waals surface area (Å²) in [5, 5.41) is 23.0. The highest BCUT2D eigenvalue weighted by atomic mass is 35.5. The van der Waals surface area contributed by atoms with Gasteiger partial charge in [-0.3, -0.25) is 24.5 Å². The average Bonchev–Trinajstić information content (AvgIpc) is 3.36. The van der Waals surface area contributed by atoms with E-state index in [4.69, 9.17) is 21.2 Å². The minimum atomic E-state index is -1.13. The molecule has 2 amide bonds. The minimum absolute atomic E-state index is 0.0924. The molecule has 0 spiro atoms. The van der Waals surface area contributed by atoms with E-state index in [-0.39, 0.29) is 17.2 Å². The summed E-state index contributed by atoms with van der Waals surface area (Å²) < 4.78 is 5.23. The molecule has 3 aromatic rings. The standard InChI is InChI=1S/C24H18ClN3O7/c1-34-19-12-13(2-11-18(19)29)21-20-22(35-27(21)16-7-9-17(10-8-16)28(32)33)24(31)26(23(20)30)15-5-3-14(25)4-6-15/h2-12,20-22,29H,1H3/t20-,21-,22-/m0/s1. The Morgan fingerprint density at radius 3 is 2.29 bits per heavy atom. The van der Waals surface area contributed by atoms with Gasteiger partial charge < -0.3 is 9.84 Å². The van der Waals surface area contributed by atoms with Crippen LogP contribution in [0.25, 0.3) is 0 Å². The molecule has 0 radical (unpaired) electrons. The predicted octanol–water partition coefficient (Wildman–Crippen LogP) is 4.01. The zero-order valence-electron chi connectivity index (χ0n) is 18.2. The van der Waals surface area contributed by atoms with Crippen molar-refractivity contribution in [3.63, 3.8) is 0 Å². The molecule has 2 aliphatic heterocycles. The van der Waals surface area contributed by atoms with Crippen molar-refractivity contribution < 1.29 is 29.2 Å². The van der Waals surface area contributed by atoms with Crippen molar-refractivity contribution in [2.45, 2.75) is 12.1 Å². The van der Waals surface area contributed by atoms with Crippen molar-refractivity contribution in [1.82, 2.24) is 0 Å². The molecule has 2 aliphatic rings. The maximum Gasteiger partial charge on any atom is 0.269 e. The molecule has 2 fully saturated rings. The van der Waals surface area contributed by atoms with E-state index in [0.717, 1.165) is 4.90 Å². The Morgan fingerprint density at radius 1 is 1.00 bits per heavy atom. The number of phenolic OH excluding ortho intramolecular Hbond substituents is 1. The Morgan fingerprint density at radius 2 is 1.66 bits per heavy atom. The highest BCUT2D eigenvalue weighted by Crippen LogP contribution is 2.48. The van der Waals surface area contributed by atoms with Crippen LogP contribution < -0.4 is 14.7 Å². The van der Waals surface area contributed by atoms with Crippen LogP contribution in [0.3, 0.4) is 0 Å². The summed E-state index contributed by atoms with van der Waals surface area (Å²) in [5.41, 5.74) is 1.22. The number of rotatable bonds is 5. The van der Waals surface area contributed by atoms with Crippen molar-refractivity contribution in [3.05, 3.63) is 87.4 Å². The molecule has 0 bridgehead atoms. The van der Waals surface area contributed by atoms with E-state index >= 15 is 0 Å². The van der Waals surface area contributed by atoms with Gasteiger partial charge in [-0.2, -0.15) is 0 Å². The second kappa shape index (κ2) is 8.57. The second-order valence-electron chi connectivity index (χ2n) is 8.02. The third kappa shape index (κ3) is 3.72. The first kappa shape index (κ1) is 22.6. The zero-order chi connectivity index (χ0) is 24.9. The topological polar surface area (TPSA) is 122 Å². The number of hydrogen-bond donors (Lipinski definition) is 1. The molecule has 0 aliphatic carbocycles. The van der Waals surface area contributed by atoms with Gasteiger partial charge in [-0.25, -0.2) is 9.96 Å². The Labute approximate surface area is 203 Å². The molecule has 2 heterocycles. The van der Waals surface area contributed by atoms with Crippen LogP contribution in [-0.4, -0.2) is 35.1 Å². The summed E-state index contributed by atoms with van der Waals surface area (Å²) in [7, 11) is 1.40. The van der Waals surface area contributed by atoms with E-state index < -0.39 is 34.8 Å². The van der Waals surface area contributed by atoms with Crippen molar-refractivity contribution in [2.75, 3.05) is 17.1 Å². The number of nitro benzene ring substituents is 1. The molecule has 5 rings (SSSR count). The van der Waals surface area contributed by atoms with Gasteiger partial charge in [-0.15, -0.1) is 0 Å². The van der Waals surface area contributed by atoms with Gasteiger partial charge in [-0.05, 0) is 54.1 Å². The molecule has 11 heteroatoms. The van der Waals surface area contributed by atoms with Crippen LogP contribution in [0.1, 0.15) is 11.6 Å². The van der Waals surface area contributed by atoms with Crippen LogP contribution in [-0.2, 0) is 14.4 Å². The number of anilines is 2. The molecular weight excluding hydrogens is 478 g/mol. The van der Waals surface area contributed by atoms with E-state index in [1.165, 1.54) is 42.5 Å². The number of methoxy groups -OCH3 is 1.